The van der Waals surface area contributed by atoms with E-state index in [9.17, 15) is 19.3 Å². The van der Waals surface area contributed by atoms with Crippen LogP contribution in [0.3, 0.4) is 0 Å². The molecule has 2 heterocycles. The number of amides is 1. The molecule has 41 heavy (non-hydrogen) atoms. The van der Waals surface area contributed by atoms with Crippen molar-refractivity contribution in [2.75, 3.05) is 78.3 Å². The van der Waals surface area contributed by atoms with E-state index in [2.05, 4.69) is 20.3 Å². The second-order valence-electron chi connectivity index (χ2n) is 8.54. The minimum absolute atomic E-state index is 0.0198. The van der Waals surface area contributed by atoms with Gasteiger partial charge in [-0.1, -0.05) is 5.11 Å². The maximum absolute atomic E-state index is 12.3. The Morgan fingerprint density at radius 1 is 1.20 bits per heavy atom. The van der Waals surface area contributed by atoms with Crippen LogP contribution in [-0.4, -0.2) is 110 Å². The van der Waals surface area contributed by atoms with Gasteiger partial charge in [0, 0.05) is 40.7 Å². The zero-order chi connectivity index (χ0) is 29.9. The van der Waals surface area contributed by atoms with Gasteiger partial charge in [-0.3, -0.25) is 9.36 Å². The first kappa shape index (κ1) is 34.4. The molecule has 230 valence electrons. The van der Waals surface area contributed by atoms with E-state index in [0.717, 1.165) is 4.57 Å². The average molecular weight is 607 g/mol. The van der Waals surface area contributed by atoms with Crippen molar-refractivity contribution in [3.05, 3.63) is 32.7 Å². The fourth-order valence-electron chi connectivity index (χ4n) is 3.60. The van der Waals surface area contributed by atoms with Crippen LogP contribution in [0, 0.1) is 0 Å². The molecule has 1 aromatic rings. The number of hydrogen-bond donors (Lipinski definition) is 4. The summed E-state index contributed by atoms with van der Waals surface area (Å²) in [5.41, 5.74) is 13.8. The molecule has 0 aliphatic carbocycles. The number of nitrogens with one attached hydrogen (secondary N) is 1. The molecule has 19 heteroatoms. The monoisotopic (exact) mass is 606 g/mol. The van der Waals surface area contributed by atoms with Gasteiger partial charge in [0.1, 0.15) is 11.9 Å². The number of nitrogens with zero attached hydrogens (tertiary/aromatic N) is 5. The molecule has 1 fully saturated rings. The molecule has 1 amide bonds. The van der Waals surface area contributed by atoms with Crippen molar-refractivity contribution in [2.24, 2.45) is 5.11 Å². The van der Waals surface area contributed by atoms with Crippen molar-refractivity contribution in [3.8, 4) is 0 Å². The number of aromatic nitrogens is 2. The van der Waals surface area contributed by atoms with Crippen LogP contribution in [0.15, 0.2) is 16.1 Å². The Morgan fingerprint density at radius 3 is 2.46 bits per heavy atom. The largest absolute Gasteiger partial charge is 0.695 e. The molecule has 2 rings (SSSR count). The van der Waals surface area contributed by atoms with Gasteiger partial charge in [-0.15, -0.1) is 9.42 Å². The van der Waals surface area contributed by atoms with Gasteiger partial charge >= 0.3 is 13.9 Å². The van der Waals surface area contributed by atoms with E-state index in [0.29, 0.717) is 71.2 Å². The smallest absolute Gasteiger partial charge is 0.385 e. The lowest BCUT2D eigenvalue weighted by atomic mass is 10.1. The number of ether oxygens (including phenoxy) is 5. The summed E-state index contributed by atoms with van der Waals surface area (Å²) in [7, 11) is -2.95. The highest BCUT2D eigenvalue weighted by Gasteiger charge is 2.43. The number of aliphatic hydroxyl groups is 1. The molecule has 5 N–H and O–H groups in total. The topological polar surface area (TPSA) is 252 Å². The lowest BCUT2D eigenvalue weighted by molar-refractivity contribution is -0.122. The quantitative estimate of drug-likeness (QED) is 0.0430. The molecular weight excluding hydrogens is 569 g/mol. The van der Waals surface area contributed by atoms with Gasteiger partial charge in [-0.25, -0.2) is 4.79 Å². The highest BCUT2D eigenvalue weighted by atomic mass is 31.1. The number of azide groups is 1. The summed E-state index contributed by atoms with van der Waals surface area (Å²) in [6, 6.07) is 0. The highest BCUT2D eigenvalue weighted by Crippen LogP contribution is 2.31. The van der Waals surface area contributed by atoms with E-state index < -0.39 is 32.4 Å². The zero-order valence-corrected chi connectivity index (χ0v) is 23.4. The Hall–Kier alpha value is -2.76. The second kappa shape index (κ2) is 20.2. The van der Waals surface area contributed by atoms with Crippen molar-refractivity contribution in [1.29, 1.82) is 0 Å². The van der Waals surface area contributed by atoms with Crippen molar-refractivity contribution in [2.45, 2.75) is 37.7 Å². The first-order valence-electron chi connectivity index (χ1n) is 12.9. The van der Waals surface area contributed by atoms with Crippen LogP contribution in [0.25, 0.3) is 10.4 Å². The van der Waals surface area contributed by atoms with Gasteiger partial charge < -0.3 is 39.8 Å². The van der Waals surface area contributed by atoms with E-state index in [-0.39, 0.29) is 37.9 Å². The Morgan fingerprint density at radius 2 is 1.83 bits per heavy atom. The van der Waals surface area contributed by atoms with E-state index in [1.807, 2.05) is 0 Å². The third-order valence-electron chi connectivity index (χ3n) is 5.60. The van der Waals surface area contributed by atoms with E-state index in [1.165, 1.54) is 6.20 Å². The summed E-state index contributed by atoms with van der Waals surface area (Å²) < 4.78 is 43.3. The number of rotatable bonds is 22. The van der Waals surface area contributed by atoms with Crippen LogP contribution in [0.2, 0.25) is 0 Å². The van der Waals surface area contributed by atoms with E-state index in [4.69, 9.17) is 44.4 Å². The first-order chi connectivity index (χ1) is 19.8. The van der Waals surface area contributed by atoms with Gasteiger partial charge in [-0.05, 0) is 18.4 Å². The summed E-state index contributed by atoms with van der Waals surface area (Å²) in [5.74, 6) is -0.167. The fourth-order valence-corrected chi connectivity index (χ4v) is 4.01. The minimum atomic E-state index is -2.95. The standard InChI is InChI=1S/C22H36N7O11P/c23-20-16(14-29(22(32)27-20)21-19(31)17(15-39-21)40-41(33)34)2-1-4-25-18(30)3-6-35-8-10-37-12-13-38-11-9-36-7-5-26-28-24/h14,17,19,21,31H,1-13,15H2,(H3-,23,25,27,30,32,33,34)/p+1/t17-,19?,21+/m0/s1. The summed E-state index contributed by atoms with van der Waals surface area (Å²) in [6.45, 7) is 3.36. The predicted molar refractivity (Wildman–Crippen MR) is 142 cm³/mol. The molecule has 1 aliphatic rings. The molecule has 4 atom stereocenters. The van der Waals surface area contributed by atoms with Crippen LogP contribution in [0.4, 0.5) is 5.82 Å². The van der Waals surface area contributed by atoms with Crippen molar-refractivity contribution in [1.82, 2.24) is 14.9 Å². The predicted octanol–water partition coefficient (Wildman–Crippen LogP) is -0.434. The van der Waals surface area contributed by atoms with E-state index >= 15 is 0 Å². The van der Waals surface area contributed by atoms with Gasteiger partial charge in [0.25, 0.3) is 0 Å². The molecule has 18 nitrogen and oxygen atoms in total. The van der Waals surface area contributed by atoms with Crippen LogP contribution in [0.5, 0.6) is 0 Å². The number of nitrogens with two attached hydrogens (primary N) is 1. The Bertz CT molecular complexity index is 1060. The number of carbonyl (C=O) groups excluding carboxylic acids is 1. The molecule has 2 unspecified atom stereocenters. The lowest BCUT2D eigenvalue weighted by Gasteiger charge is -2.18. The molecule has 0 spiro atoms. The van der Waals surface area contributed by atoms with E-state index in [1.54, 1.807) is 0 Å². The third kappa shape index (κ3) is 13.6. The number of aryl methyl sites for hydroxylation is 1. The maximum atomic E-state index is 12.3. The van der Waals surface area contributed by atoms with Crippen LogP contribution in [-0.2, 0) is 44.0 Å². The number of aliphatic hydroxyl groups excluding tert-OH is 1. The Balaban J connectivity index is 1.53. The van der Waals surface area contributed by atoms with Crippen molar-refractivity contribution >= 4 is 20.0 Å². The third-order valence-corrected chi connectivity index (χ3v) is 6.05. The highest BCUT2D eigenvalue weighted by molar-refractivity contribution is 7.32. The van der Waals surface area contributed by atoms with Gasteiger partial charge in [0.2, 0.25) is 5.91 Å². The second-order valence-corrected chi connectivity index (χ2v) is 9.23. The average Bonchev–Trinajstić information content (AvgIpc) is 3.28. The minimum Gasteiger partial charge on any atom is -0.385 e. The van der Waals surface area contributed by atoms with Crippen LogP contribution >= 0.6 is 8.25 Å². The molecule has 0 bridgehead atoms. The number of nitrogen functional groups attached to an aromatic ring is 1. The zero-order valence-electron chi connectivity index (χ0n) is 22.5. The molecule has 1 aliphatic heterocycles. The number of carbonyl (C=O) groups is 1. The number of hydrogen-bond acceptors (Lipinski definition) is 13. The molecular formula is C22H37N7O11P+. The summed E-state index contributed by atoms with van der Waals surface area (Å²) in [5, 5.41) is 16.4. The molecule has 0 aromatic carbocycles. The fraction of sp³-hybridized carbons (Fsp3) is 0.773. The molecule has 1 aromatic heterocycles. The summed E-state index contributed by atoms with van der Waals surface area (Å²) in [4.78, 5) is 39.6. The maximum Gasteiger partial charge on any atom is 0.695 e. The summed E-state index contributed by atoms with van der Waals surface area (Å²) in [6.07, 6.45) is -1.12. The Kier molecular flexibility index (Phi) is 16.9. The van der Waals surface area contributed by atoms with Gasteiger partial charge in [0.15, 0.2) is 12.3 Å². The first-order valence-corrected chi connectivity index (χ1v) is 14.0. The number of anilines is 1. The Labute approximate surface area is 236 Å². The molecule has 1 saturated heterocycles. The van der Waals surface area contributed by atoms with Crippen LogP contribution < -0.4 is 16.7 Å². The lowest BCUT2D eigenvalue weighted by Crippen LogP contribution is -2.36. The SMILES string of the molecule is [N-]=[N+]=NCCOCCOCCOCCOCCC(=O)NCCCc1cn([C@@H]2OC[C@H](O[P+](=O)O)C2O)c(=O)nc1N. The molecule has 0 saturated carbocycles. The molecule has 0 radical (unpaired) electrons. The van der Waals surface area contributed by atoms with Crippen LogP contribution in [0.1, 0.15) is 24.6 Å². The van der Waals surface area contributed by atoms with Crippen molar-refractivity contribution < 1.29 is 47.6 Å². The summed E-state index contributed by atoms with van der Waals surface area (Å²) >= 11 is 0. The normalized spacial score (nSPS) is 18.7. The van der Waals surface area contributed by atoms with Crippen molar-refractivity contribution in [3.63, 3.8) is 0 Å². The van der Waals surface area contributed by atoms with Gasteiger partial charge in [-0.2, -0.15) is 4.98 Å². The van der Waals surface area contributed by atoms with Gasteiger partial charge in [0.05, 0.1) is 59.5 Å².